The fraction of sp³-hybridized carbons (Fsp3) is 0.333. The minimum atomic E-state index is -0.272. The molecule has 27 heavy (non-hydrogen) atoms. The van der Waals surface area contributed by atoms with Crippen LogP contribution in [0, 0.1) is 0 Å². The zero-order chi connectivity index (χ0) is 19.9. The van der Waals surface area contributed by atoms with E-state index >= 15 is 0 Å². The summed E-state index contributed by atoms with van der Waals surface area (Å²) in [5, 5.41) is 0. The Bertz CT molecular complexity index is 690. The first-order chi connectivity index (χ1) is 13.1. The Morgan fingerprint density at radius 1 is 0.889 bits per heavy atom. The van der Waals surface area contributed by atoms with Gasteiger partial charge in [-0.1, -0.05) is 93.4 Å². The van der Waals surface area contributed by atoms with Gasteiger partial charge in [-0.2, -0.15) is 0 Å². The average molecular weight is 367 g/mol. The van der Waals surface area contributed by atoms with Gasteiger partial charge < -0.3 is 4.74 Å². The van der Waals surface area contributed by atoms with E-state index in [1.807, 2.05) is 60.7 Å². The van der Waals surface area contributed by atoms with E-state index in [4.69, 9.17) is 0 Å². The first-order valence-corrected chi connectivity index (χ1v) is 9.46. The average Bonchev–Trinajstić information content (AvgIpc) is 2.72. The number of ether oxygens (including phenoxy) is 1. The molecule has 0 heterocycles. The molecule has 0 spiro atoms. The summed E-state index contributed by atoms with van der Waals surface area (Å²) >= 11 is 0. The summed E-state index contributed by atoms with van der Waals surface area (Å²) in [5.41, 5.74) is 2.43. The van der Waals surface area contributed by atoms with Crippen LogP contribution in [0.15, 0.2) is 72.8 Å². The number of carbonyl (C=O) groups is 2. The van der Waals surface area contributed by atoms with Crippen molar-refractivity contribution in [2.75, 3.05) is 7.11 Å². The molecule has 0 atom stereocenters. The van der Waals surface area contributed by atoms with E-state index in [2.05, 4.69) is 18.2 Å². The summed E-state index contributed by atoms with van der Waals surface area (Å²) in [6.07, 6.45) is 5.91. The number of carbonyl (C=O) groups excluding carboxylic acids is 2. The van der Waals surface area contributed by atoms with Crippen LogP contribution in [-0.4, -0.2) is 18.9 Å². The molecule has 0 aliphatic heterocycles. The number of hydrogen-bond acceptors (Lipinski definition) is 3. The van der Waals surface area contributed by atoms with Crippen molar-refractivity contribution in [2.45, 2.75) is 45.4 Å². The molecule has 0 amide bonds. The molecule has 0 aromatic heterocycles. The fourth-order valence-corrected chi connectivity index (χ4v) is 2.52. The summed E-state index contributed by atoms with van der Waals surface area (Å²) in [7, 11) is 1.39. The SMILES string of the molecule is C=C(CCCCCC)C(=O)OC.O=C(Cc1ccccc1)c1ccccc1. The highest BCUT2D eigenvalue weighted by molar-refractivity contribution is 5.97. The lowest BCUT2D eigenvalue weighted by atomic mass is 10.0. The molecule has 144 valence electrons. The van der Waals surface area contributed by atoms with Crippen LogP contribution in [0.4, 0.5) is 0 Å². The number of rotatable bonds is 9. The van der Waals surface area contributed by atoms with Gasteiger partial charge in [0.25, 0.3) is 0 Å². The predicted octanol–water partition coefficient (Wildman–Crippen LogP) is 5.80. The number of ketones is 1. The number of methoxy groups -OCH3 is 1. The smallest absolute Gasteiger partial charge is 0.333 e. The van der Waals surface area contributed by atoms with E-state index < -0.39 is 0 Å². The summed E-state index contributed by atoms with van der Waals surface area (Å²) < 4.78 is 4.53. The Morgan fingerprint density at radius 2 is 1.48 bits per heavy atom. The highest BCUT2D eigenvalue weighted by Crippen LogP contribution is 2.09. The van der Waals surface area contributed by atoms with Crippen molar-refractivity contribution in [1.82, 2.24) is 0 Å². The van der Waals surface area contributed by atoms with Crippen molar-refractivity contribution in [2.24, 2.45) is 0 Å². The third kappa shape index (κ3) is 9.55. The molecule has 0 N–H and O–H groups in total. The number of hydrogen-bond donors (Lipinski definition) is 0. The van der Waals surface area contributed by atoms with Gasteiger partial charge >= 0.3 is 5.97 Å². The lowest BCUT2D eigenvalue weighted by molar-refractivity contribution is -0.136. The fourth-order valence-electron chi connectivity index (χ4n) is 2.52. The van der Waals surface area contributed by atoms with Crippen LogP contribution >= 0.6 is 0 Å². The largest absolute Gasteiger partial charge is 0.466 e. The minimum absolute atomic E-state index is 0.168. The molecule has 3 heteroatoms. The summed E-state index contributed by atoms with van der Waals surface area (Å²) in [4.78, 5) is 22.7. The number of benzene rings is 2. The van der Waals surface area contributed by atoms with Crippen LogP contribution in [0.1, 0.15) is 54.9 Å². The van der Waals surface area contributed by atoms with Crippen LogP contribution < -0.4 is 0 Å². The van der Waals surface area contributed by atoms with Crippen molar-refractivity contribution >= 4 is 11.8 Å². The van der Waals surface area contributed by atoms with Crippen LogP contribution in [0.3, 0.4) is 0 Å². The van der Waals surface area contributed by atoms with Gasteiger partial charge in [0.05, 0.1) is 7.11 Å². The molecule has 2 rings (SSSR count). The maximum Gasteiger partial charge on any atom is 0.333 e. The van der Waals surface area contributed by atoms with Crippen molar-refractivity contribution < 1.29 is 14.3 Å². The van der Waals surface area contributed by atoms with E-state index in [-0.39, 0.29) is 11.8 Å². The second kappa shape index (κ2) is 13.5. The Kier molecular flexibility index (Phi) is 11.2. The second-order valence-electron chi connectivity index (χ2n) is 6.36. The first kappa shape index (κ1) is 22.4. The normalized spacial score (nSPS) is 9.70. The Hall–Kier alpha value is -2.68. The first-order valence-electron chi connectivity index (χ1n) is 9.46. The molecule has 0 saturated carbocycles. The lowest BCUT2D eigenvalue weighted by Gasteiger charge is -2.02. The molecule has 0 radical (unpaired) electrons. The van der Waals surface area contributed by atoms with Gasteiger partial charge in [-0.15, -0.1) is 0 Å². The Morgan fingerprint density at radius 3 is 2.04 bits per heavy atom. The van der Waals surface area contributed by atoms with Gasteiger partial charge in [0.15, 0.2) is 5.78 Å². The number of Topliss-reactive ketones (excluding diaryl/α,β-unsaturated/α-hetero) is 1. The highest BCUT2D eigenvalue weighted by Gasteiger charge is 2.05. The standard InChI is InChI=1S/C14H12O.C10H18O2/c15-14(13-9-5-2-6-10-13)11-12-7-3-1-4-8-12;1-4-5-6-7-8-9(2)10(11)12-3/h1-10H,11H2;2,4-8H2,1,3H3. The molecular formula is C24H30O3. The van der Waals surface area contributed by atoms with E-state index in [0.29, 0.717) is 12.0 Å². The summed E-state index contributed by atoms with van der Waals surface area (Å²) in [6.45, 7) is 5.81. The predicted molar refractivity (Wildman–Crippen MR) is 111 cm³/mol. The molecule has 3 nitrogen and oxygen atoms in total. The summed E-state index contributed by atoms with van der Waals surface area (Å²) in [6, 6.07) is 19.2. The van der Waals surface area contributed by atoms with Crippen molar-refractivity contribution in [3.8, 4) is 0 Å². The molecule has 0 saturated heterocycles. The number of esters is 1. The van der Waals surface area contributed by atoms with Crippen molar-refractivity contribution in [3.63, 3.8) is 0 Å². The van der Waals surface area contributed by atoms with Gasteiger partial charge in [-0.25, -0.2) is 4.79 Å². The van der Waals surface area contributed by atoms with Crippen LogP contribution in [0.5, 0.6) is 0 Å². The molecule has 2 aromatic carbocycles. The third-order valence-electron chi connectivity index (χ3n) is 4.11. The van der Waals surface area contributed by atoms with E-state index in [1.165, 1.54) is 26.4 Å². The molecule has 0 fully saturated rings. The lowest BCUT2D eigenvalue weighted by Crippen LogP contribution is -2.03. The maximum absolute atomic E-state index is 11.8. The monoisotopic (exact) mass is 366 g/mol. The second-order valence-corrected chi connectivity index (χ2v) is 6.36. The van der Waals surface area contributed by atoms with E-state index in [9.17, 15) is 9.59 Å². The zero-order valence-corrected chi connectivity index (χ0v) is 16.4. The highest BCUT2D eigenvalue weighted by atomic mass is 16.5. The summed E-state index contributed by atoms with van der Waals surface area (Å²) in [5.74, 6) is -0.103. The minimum Gasteiger partial charge on any atom is -0.466 e. The van der Waals surface area contributed by atoms with Gasteiger partial charge in [0, 0.05) is 17.6 Å². The van der Waals surface area contributed by atoms with Gasteiger partial charge in [-0.3, -0.25) is 4.79 Å². The van der Waals surface area contributed by atoms with Gasteiger partial charge in [0.2, 0.25) is 0 Å². The van der Waals surface area contributed by atoms with Crippen molar-refractivity contribution in [3.05, 3.63) is 83.9 Å². The molecule has 0 aliphatic carbocycles. The molecule has 0 bridgehead atoms. The molecule has 0 aliphatic rings. The van der Waals surface area contributed by atoms with Crippen LogP contribution in [-0.2, 0) is 16.0 Å². The molecule has 0 unspecified atom stereocenters. The number of unbranched alkanes of at least 4 members (excludes halogenated alkanes) is 3. The Labute approximate surface area is 163 Å². The van der Waals surface area contributed by atoms with Crippen LogP contribution in [0.25, 0.3) is 0 Å². The third-order valence-corrected chi connectivity index (χ3v) is 4.11. The molecule has 2 aromatic rings. The Balaban J connectivity index is 0.000000279. The van der Waals surface area contributed by atoms with Crippen molar-refractivity contribution in [1.29, 1.82) is 0 Å². The quantitative estimate of drug-likeness (QED) is 0.244. The van der Waals surface area contributed by atoms with Crippen LogP contribution in [0.2, 0.25) is 0 Å². The molecular weight excluding hydrogens is 336 g/mol. The van der Waals surface area contributed by atoms with Gasteiger partial charge in [0.1, 0.15) is 0 Å². The maximum atomic E-state index is 11.8. The van der Waals surface area contributed by atoms with Gasteiger partial charge in [-0.05, 0) is 18.4 Å². The topological polar surface area (TPSA) is 43.4 Å². The van der Waals surface area contributed by atoms with E-state index in [0.717, 1.165) is 24.0 Å². The zero-order valence-electron chi connectivity index (χ0n) is 16.4. The van der Waals surface area contributed by atoms with E-state index in [1.54, 1.807) is 0 Å².